The predicted octanol–water partition coefficient (Wildman–Crippen LogP) is 1.50. The number of hydrogen-bond donors (Lipinski definition) is 2. The first kappa shape index (κ1) is 24.2. The Morgan fingerprint density at radius 3 is 2.54 bits per heavy atom. The van der Waals surface area contributed by atoms with E-state index in [1.165, 1.54) is 13.1 Å². The molecular weight excluding hydrogens is 397 g/mol. The zero-order chi connectivity index (χ0) is 19.9. The Morgan fingerprint density at radius 2 is 1.93 bits per heavy atom. The number of likely N-dealkylation sites (N-methyl/N-ethyl adjacent to an activating group) is 1. The molecule has 0 radical (unpaired) electrons. The van der Waals surface area contributed by atoms with E-state index in [-0.39, 0.29) is 43.7 Å². The van der Waals surface area contributed by atoms with Gasteiger partial charge in [-0.3, -0.25) is 14.5 Å². The first-order chi connectivity index (χ1) is 12.8. The van der Waals surface area contributed by atoms with Gasteiger partial charge in [0.05, 0.1) is 12.1 Å². The Labute approximate surface area is 168 Å². The van der Waals surface area contributed by atoms with Crippen molar-refractivity contribution in [2.75, 3.05) is 46.3 Å². The molecule has 0 atom stereocenters. The van der Waals surface area contributed by atoms with Gasteiger partial charge < -0.3 is 15.5 Å². The Bertz CT molecular complexity index is 652. The van der Waals surface area contributed by atoms with E-state index in [1.54, 1.807) is 15.9 Å². The van der Waals surface area contributed by atoms with Crippen molar-refractivity contribution >= 4 is 24.2 Å². The molecule has 0 bridgehead atoms. The van der Waals surface area contributed by atoms with Crippen molar-refractivity contribution in [2.45, 2.75) is 19.1 Å². The van der Waals surface area contributed by atoms with Crippen molar-refractivity contribution in [1.82, 2.24) is 20.4 Å². The van der Waals surface area contributed by atoms with Gasteiger partial charge in [-0.1, -0.05) is 18.2 Å². The Morgan fingerprint density at radius 1 is 1.25 bits per heavy atom. The maximum atomic E-state index is 12.9. The van der Waals surface area contributed by atoms with Crippen LogP contribution in [0.3, 0.4) is 0 Å². The molecule has 1 aliphatic heterocycles. The lowest BCUT2D eigenvalue weighted by Crippen LogP contribution is -2.47. The summed E-state index contributed by atoms with van der Waals surface area (Å²) in [5, 5.41) is 5.67. The molecule has 1 aromatic rings. The minimum absolute atomic E-state index is 0. The standard InChI is InChI=1S/C18H25F3N4O2.ClH/c1-22-16(26)13-24(8-5-17(27)25-9-6-23-7-10-25)12-14-3-2-4-15(11-14)18(19,20)21;/h2-4,11,23H,5-10,12-13H2,1H3,(H,22,26);1H. The van der Waals surface area contributed by atoms with Gasteiger partial charge >= 0.3 is 6.18 Å². The first-order valence-electron chi connectivity index (χ1n) is 8.87. The van der Waals surface area contributed by atoms with Crippen molar-refractivity contribution < 1.29 is 22.8 Å². The van der Waals surface area contributed by atoms with Crippen molar-refractivity contribution in [1.29, 1.82) is 0 Å². The van der Waals surface area contributed by atoms with E-state index < -0.39 is 11.7 Å². The van der Waals surface area contributed by atoms with Crippen LogP contribution in [0.25, 0.3) is 0 Å². The van der Waals surface area contributed by atoms with Crippen LogP contribution in [-0.2, 0) is 22.3 Å². The average molecular weight is 423 g/mol. The second-order valence-electron chi connectivity index (χ2n) is 6.46. The van der Waals surface area contributed by atoms with E-state index in [2.05, 4.69) is 10.6 Å². The molecule has 1 fully saturated rings. The third-order valence-corrected chi connectivity index (χ3v) is 4.42. The highest BCUT2D eigenvalue weighted by Gasteiger charge is 2.30. The van der Waals surface area contributed by atoms with Gasteiger partial charge in [0, 0.05) is 52.7 Å². The monoisotopic (exact) mass is 422 g/mol. The van der Waals surface area contributed by atoms with Gasteiger partial charge in [0.1, 0.15) is 0 Å². The van der Waals surface area contributed by atoms with Gasteiger partial charge in [0.15, 0.2) is 0 Å². The number of piperazine rings is 1. The molecule has 1 aliphatic rings. The summed E-state index contributed by atoms with van der Waals surface area (Å²) in [6, 6.07) is 5.03. The lowest BCUT2D eigenvalue weighted by atomic mass is 10.1. The van der Waals surface area contributed by atoms with Crippen molar-refractivity contribution in [3.8, 4) is 0 Å². The third-order valence-electron chi connectivity index (χ3n) is 4.42. The molecule has 158 valence electrons. The van der Waals surface area contributed by atoms with Crippen molar-refractivity contribution in [2.24, 2.45) is 0 Å². The minimum Gasteiger partial charge on any atom is -0.358 e. The molecule has 1 saturated heterocycles. The molecule has 2 amide bonds. The van der Waals surface area contributed by atoms with Gasteiger partial charge in [-0.25, -0.2) is 0 Å². The summed E-state index contributed by atoms with van der Waals surface area (Å²) >= 11 is 0. The molecule has 1 heterocycles. The fourth-order valence-electron chi connectivity index (χ4n) is 2.93. The molecule has 0 spiro atoms. The number of nitrogens with one attached hydrogen (secondary N) is 2. The summed E-state index contributed by atoms with van der Waals surface area (Å²) in [6.45, 7) is 3.25. The van der Waals surface area contributed by atoms with E-state index >= 15 is 0 Å². The molecule has 0 aliphatic carbocycles. The number of amides is 2. The van der Waals surface area contributed by atoms with Crippen LogP contribution in [0.4, 0.5) is 13.2 Å². The van der Waals surface area contributed by atoms with Crippen LogP contribution in [0.2, 0.25) is 0 Å². The van der Waals surface area contributed by atoms with Gasteiger partial charge in [0.2, 0.25) is 11.8 Å². The molecule has 0 saturated carbocycles. The Hall–Kier alpha value is -1.84. The van der Waals surface area contributed by atoms with Crippen LogP contribution >= 0.6 is 12.4 Å². The number of carbonyl (C=O) groups excluding carboxylic acids is 2. The SMILES string of the molecule is CNC(=O)CN(CCC(=O)N1CCNCC1)Cc1cccc(C(F)(F)F)c1.Cl. The quantitative estimate of drug-likeness (QED) is 0.699. The van der Waals surface area contributed by atoms with Crippen molar-refractivity contribution in [3.63, 3.8) is 0 Å². The van der Waals surface area contributed by atoms with E-state index in [0.29, 0.717) is 25.2 Å². The fourth-order valence-corrected chi connectivity index (χ4v) is 2.93. The summed E-state index contributed by atoms with van der Waals surface area (Å²) in [5.41, 5.74) is -0.278. The number of hydrogen-bond acceptors (Lipinski definition) is 4. The van der Waals surface area contributed by atoms with Crippen LogP contribution in [0.5, 0.6) is 0 Å². The first-order valence-corrected chi connectivity index (χ1v) is 8.87. The van der Waals surface area contributed by atoms with E-state index in [0.717, 1.165) is 25.2 Å². The molecular formula is C18H26ClF3N4O2. The summed E-state index contributed by atoms with van der Waals surface area (Å²) in [6.07, 6.45) is -4.20. The summed E-state index contributed by atoms with van der Waals surface area (Å²) in [7, 11) is 1.50. The lowest BCUT2D eigenvalue weighted by molar-refractivity contribution is -0.137. The van der Waals surface area contributed by atoms with Gasteiger partial charge in [-0.2, -0.15) is 13.2 Å². The summed E-state index contributed by atoms with van der Waals surface area (Å²) in [5.74, 6) is -0.265. The molecule has 2 N–H and O–H groups in total. The van der Waals surface area contributed by atoms with Crippen molar-refractivity contribution in [3.05, 3.63) is 35.4 Å². The largest absolute Gasteiger partial charge is 0.416 e. The van der Waals surface area contributed by atoms with Crippen LogP contribution in [0.1, 0.15) is 17.5 Å². The number of benzene rings is 1. The Balaban J connectivity index is 0.00000392. The van der Waals surface area contributed by atoms with Crippen LogP contribution in [-0.4, -0.2) is 67.9 Å². The third kappa shape index (κ3) is 7.65. The van der Waals surface area contributed by atoms with E-state index in [9.17, 15) is 22.8 Å². The highest BCUT2D eigenvalue weighted by molar-refractivity contribution is 5.85. The van der Waals surface area contributed by atoms with Crippen LogP contribution < -0.4 is 10.6 Å². The number of halogens is 4. The van der Waals surface area contributed by atoms with E-state index in [1.807, 2.05) is 0 Å². The van der Waals surface area contributed by atoms with Gasteiger partial charge in [0.25, 0.3) is 0 Å². The van der Waals surface area contributed by atoms with Crippen LogP contribution in [0, 0.1) is 0 Å². The molecule has 0 unspecified atom stereocenters. The smallest absolute Gasteiger partial charge is 0.358 e. The second-order valence-corrected chi connectivity index (χ2v) is 6.46. The molecule has 1 aromatic carbocycles. The molecule has 6 nitrogen and oxygen atoms in total. The highest BCUT2D eigenvalue weighted by atomic mass is 35.5. The fraction of sp³-hybridized carbons (Fsp3) is 0.556. The molecule has 10 heteroatoms. The number of carbonyl (C=O) groups is 2. The summed E-state index contributed by atoms with van der Waals surface area (Å²) in [4.78, 5) is 27.5. The number of nitrogens with zero attached hydrogens (tertiary/aromatic N) is 2. The number of rotatable bonds is 7. The zero-order valence-electron chi connectivity index (χ0n) is 15.7. The molecule has 2 rings (SSSR count). The molecule has 0 aromatic heterocycles. The highest BCUT2D eigenvalue weighted by Crippen LogP contribution is 2.29. The summed E-state index contributed by atoms with van der Waals surface area (Å²) < 4.78 is 38.7. The van der Waals surface area contributed by atoms with Gasteiger partial charge in [-0.15, -0.1) is 12.4 Å². The van der Waals surface area contributed by atoms with Crippen LogP contribution in [0.15, 0.2) is 24.3 Å². The topological polar surface area (TPSA) is 64.7 Å². The van der Waals surface area contributed by atoms with Gasteiger partial charge in [-0.05, 0) is 11.6 Å². The minimum atomic E-state index is -4.42. The maximum Gasteiger partial charge on any atom is 0.416 e. The average Bonchev–Trinajstić information content (AvgIpc) is 2.66. The Kier molecular flexibility index (Phi) is 9.71. The number of alkyl halides is 3. The predicted molar refractivity (Wildman–Crippen MR) is 102 cm³/mol. The lowest BCUT2D eigenvalue weighted by Gasteiger charge is -2.29. The maximum absolute atomic E-state index is 12.9. The normalized spacial score (nSPS) is 14.5. The second kappa shape index (κ2) is 11.2. The molecule has 28 heavy (non-hydrogen) atoms. The zero-order valence-corrected chi connectivity index (χ0v) is 16.5. The van der Waals surface area contributed by atoms with E-state index in [4.69, 9.17) is 0 Å².